The van der Waals surface area contributed by atoms with Crippen LogP contribution in [0.15, 0.2) is 24.3 Å². The second-order valence-electron chi connectivity index (χ2n) is 27.8. The van der Waals surface area contributed by atoms with Crippen molar-refractivity contribution in [2.45, 2.75) is 441 Å². The Morgan fingerprint density at radius 2 is 0.725 bits per heavy atom. The number of rotatable bonds is 66. The van der Waals surface area contributed by atoms with E-state index in [9.17, 15) is 45.6 Å². The van der Waals surface area contributed by atoms with Gasteiger partial charge in [-0.1, -0.05) is 340 Å². The molecule has 0 saturated carbocycles. The van der Waals surface area contributed by atoms with Gasteiger partial charge in [-0.3, -0.25) is 4.79 Å². The Kier molecular flexibility index (Phi) is 58.3. The Balaban J connectivity index is 1.59. The van der Waals surface area contributed by atoms with Gasteiger partial charge >= 0.3 is 0 Å². The lowest BCUT2D eigenvalue weighted by Crippen LogP contribution is -2.65. The second kappa shape index (κ2) is 62.0. The number of carbonyl (C=O) groups is 1. The molecule has 0 bridgehead atoms. The molecule has 2 aliphatic rings. The fraction of sp³-hybridized carbons (Fsp3) is 0.935. The highest BCUT2D eigenvalue weighted by molar-refractivity contribution is 5.76. The van der Waals surface area contributed by atoms with E-state index in [-0.39, 0.29) is 12.5 Å². The monoisotopic (exact) mass is 1290 g/mol. The van der Waals surface area contributed by atoms with Crippen molar-refractivity contribution in [2.24, 2.45) is 0 Å². The molecule has 0 spiro atoms. The first-order valence-corrected chi connectivity index (χ1v) is 39.1. The van der Waals surface area contributed by atoms with Crippen LogP contribution < -0.4 is 5.32 Å². The van der Waals surface area contributed by atoms with Crippen LogP contribution in [0.25, 0.3) is 0 Å². The molecule has 12 unspecified atom stereocenters. The van der Waals surface area contributed by atoms with E-state index in [1.165, 1.54) is 283 Å². The standard InChI is InChI=1S/C77H147NO13/c1-3-5-7-9-11-13-15-17-19-21-23-25-27-28-29-30-31-32-33-34-35-36-37-38-39-41-43-45-47-49-51-53-55-57-59-61-69(82)78-65(64-88-76-74(87)72(85)75(68(63-80)90-76)91-77-73(86)71(84)70(83)67(62-79)89-77)66(81)60-58-56-54-52-50-48-46-44-42-40-26-24-22-20-18-16-14-12-10-8-6-4-2/h15,17,21,23,65-68,70-77,79-81,83-87H,3-14,16,18-20,22,24-64H2,1-2H3,(H,78,82)/b17-15-,23-21-. The van der Waals surface area contributed by atoms with Crippen molar-refractivity contribution < 1.29 is 64.6 Å². The van der Waals surface area contributed by atoms with E-state index in [2.05, 4.69) is 43.5 Å². The largest absolute Gasteiger partial charge is 0.394 e. The lowest BCUT2D eigenvalue weighted by atomic mass is 9.97. The van der Waals surface area contributed by atoms with Crippen molar-refractivity contribution in [2.75, 3.05) is 19.8 Å². The minimum Gasteiger partial charge on any atom is -0.394 e. The molecule has 12 atom stereocenters. The fourth-order valence-corrected chi connectivity index (χ4v) is 13.2. The molecule has 9 N–H and O–H groups in total. The van der Waals surface area contributed by atoms with Crippen LogP contribution in [0.4, 0.5) is 0 Å². The number of carbonyl (C=O) groups excluding carboxylic acids is 1. The number of nitrogens with one attached hydrogen (secondary N) is 1. The molecule has 1 amide bonds. The number of allylic oxidation sites excluding steroid dienone is 4. The van der Waals surface area contributed by atoms with Gasteiger partial charge in [0.1, 0.15) is 48.8 Å². The molecular weight excluding hydrogens is 1150 g/mol. The van der Waals surface area contributed by atoms with Crippen LogP contribution in [-0.2, 0) is 23.7 Å². The van der Waals surface area contributed by atoms with E-state index >= 15 is 0 Å². The molecule has 2 aliphatic heterocycles. The van der Waals surface area contributed by atoms with Gasteiger partial charge in [-0.2, -0.15) is 0 Å². The first-order valence-electron chi connectivity index (χ1n) is 39.1. The molecule has 14 heteroatoms. The van der Waals surface area contributed by atoms with Crippen molar-refractivity contribution in [1.29, 1.82) is 0 Å². The topological polar surface area (TPSA) is 228 Å². The van der Waals surface area contributed by atoms with Gasteiger partial charge in [0, 0.05) is 6.42 Å². The number of aliphatic hydroxyl groups excluding tert-OH is 8. The predicted octanol–water partition coefficient (Wildman–Crippen LogP) is 17.1. The number of amides is 1. The maximum atomic E-state index is 13.4. The van der Waals surface area contributed by atoms with Crippen LogP contribution in [-0.4, -0.2) is 140 Å². The zero-order valence-electron chi connectivity index (χ0n) is 58.9. The summed E-state index contributed by atoms with van der Waals surface area (Å²) in [5, 5.41) is 87.8. The highest BCUT2D eigenvalue weighted by atomic mass is 16.7. The van der Waals surface area contributed by atoms with Gasteiger partial charge in [-0.15, -0.1) is 0 Å². The van der Waals surface area contributed by atoms with E-state index < -0.39 is 86.8 Å². The fourth-order valence-electron chi connectivity index (χ4n) is 13.2. The zero-order valence-corrected chi connectivity index (χ0v) is 58.9. The normalized spacial score (nSPS) is 22.8. The first kappa shape index (κ1) is 85.6. The molecule has 2 fully saturated rings. The minimum atomic E-state index is -1.78. The molecule has 0 aromatic rings. The molecule has 2 heterocycles. The van der Waals surface area contributed by atoms with E-state index in [1.807, 2.05) is 0 Å². The summed E-state index contributed by atoms with van der Waals surface area (Å²) in [5.74, 6) is -0.198. The average Bonchev–Trinajstić information content (AvgIpc) is 0.888. The Labute approximate surface area is 558 Å². The molecule has 0 radical (unpaired) electrons. The molecule has 0 aromatic carbocycles. The molecule has 0 aromatic heterocycles. The smallest absolute Gasteiger partial charge is 0.220 e. The minimum absolute atomic E-state index is 0.198. The van der Waals surface area contributed by atoms with Gasteiger partial charge in [-0.05, 0) is 44.9 Å². The van der Waals surface area contributed by atoms with Crippen molar-refractivity contribution in [3.63, 3.8) is 0 Å². The van der Waals surface area contributed by atoms with Gasteiger partial charge in [0.05, 0.1) is 32.0 Å². The lowest BCUT2D eigenvalue weighted by molar-refractivity contribution is -0.359. The summed E-state index contributed by atoms with van der Waals surface area (Å²) in [6.07, 6.45) is 62.1. The third-order valence-electron chi connectivity index (χ3n) is 19.4. The molecule has 2 rings (SSSR count). The Morgan fingerprint density at radius 3 is 1.10 bits per heavy atom. The maximum Gasteiger partial charge on any atom is 0.220 e. The molecule has 0 aliphatic carbocycles. The maximum absolute atomic E-state index is 13.4. The van der Waals surface area contributed by atoms with Crippen molar-refractivity contribution in [3.8, 4) is 0 Å². The number of hydrogen-bond donors (Lipinski definition) is 9. The van der Waals surface area contributed by atoms with Gasteiger partial charge in [0.15, 0.2) is 12.6 Å². The van der Waals surface area contributed by atoms with E-state index in [1.54, 1.807) is 0 Å². The first-order chi connectivity index (χ1) is 44.6. The Bertz CT molecular complexity index is 1620. The van der Waals surface area contributed by atoms with Crippen LogP contribution >= 0.6 is 0 Å². The average molecular weight is 1300 g/mol. The molecule has 91 heavy (non-hydrogen) atoms. The molecule has 538 valence electrons. The number of aliphatic hydroxyl groups is 8. The van der Waals surface area contributed by atoms with Gasteiger partial charge in [-0.25, -0.2) is 0 Å². The van der Waals surface area contributed by atoms with Crippen molar-refractivity contribution >= 4 is 5.91 Å². The van der Waals surface area contributed by atoms with Crippen LogP contribution in [0.2, 0.25) is 0 Å². The summed E-state index contributed by atoms with van der Waals surface area (Å²) in [6.45, 7) is 2.92. The highest BCUT2D eigenvalue weighted by Gasteiger charge is 2.51. The van der Waals surface area contributed by atoms with Crippen LogP contribution in [0.5, 0.6) is 0 Å². The Morgan fingerprint density at radius 1 is 0.396 bits per heavy atom. The van der Waals surface area contributed by atoms with Gasteiger partial charge in [0.25, 0.3) is 0 Å². The highest BCUT2D eigenvalue weighted by Crippen LogP contribution is 2.30. The lowest BCUT2D eigenvalue weighted by Gasteiger charge is -2.46. The molecule has 2 saturated heterocycles. The summed E-state index contributed by atoms with van der Waals surface area (Å²) in [6, 6.07) is -0.827. The van der Waals surface area contributed by atoms with E-state index in [0.29, 0.717) is 12.8 Å². The number of hydrogen-bond acceptors (Lipinski definition) is 13. The summed E-state index contributed by atoms with van der Waals surface area (Å²) in [4.78, 5) is 13.4. The van der Waals surface area contributed by atoms with Gasteiger partial charge in [0.2, 0.25) is 5.91 Å². The van der Waals surface area contributed by atoms with Gasteiger partial charge < -0.3 is 65.1 Å². The van der Waals surface area contributed by atoms with Crippen molar-refractivity contribution in [3.05, 3.63) is 24.3 Å². The third kappa shape index (κ3) is 45.6. The second-order valence-corrected chi connectivity index (χ2v) is 27.8. The summed E-state index contributed by atoms with van der Waals surface area (Å²) < 4.78 is 23.0. The summed E-state index contributed by atoms with van der Waals surface area (Å²) in [5.41, 5.74) is 0. The zero-order chi connectivity index (χ0) is 65.9. The summed E-state index contributed by atoms with van der Waals surface area (Å²) >= 11 is 0. The number of ether oxygens (including phenoxy) is 4. The van der Waals surface area contributed by atoms with E-state index in [0.717, 1.165) is 57.8 Å². The quantitative estimate of drug-likeness (QED) is 0.0204. The molecular formula is C77H147NO13. The van der Waals surface area contributed by atoms with Crippen molar-refractivity contribution in [1.82, 2.24) is 5.32 Å². The van der Waals surface area contributed by atoms with Crippen LogP contribution in [0, 0.1) is 0 Å². The Hall–Kier alpha value is -1.53. The van der Waals surface area contributed by atoms with Crippen LogP contribution in [0.1, 0.15) is 367 Å². The third-order valence-corrected chi connectivity index (χ3v) is 19.4. The number of unbranched alkanes of at least 4 members (excludes halogenated alkanes) is 49. The van der Waals surface area contributed by atoms with Crippen LogP contribution in [0.3, 0.4) is 0 Å². The predicted molar refractivity (Wildman–Crippen MR) is 374 cm³/mol. The van der Waals surface area contributed by atoms with E-state index in [4.69, 9.17) is 18.9 Å². The molecule has 14 nitrogen and oxygen atoms in total. The SMILES string of the molecule is CCCCCCC/C=C\C/C=C\CCCCCCCCCCCCCCCCCCCCCCCCCC(=O)NC(COC1OC(CO)C(OC2OC(CO)C(O)C(O)C2O)C(O)C1O)C(O)CCCCCCCCCCCCCCCCCCCCCCCC. The summed E-state index contributed by atoms with van der Waals surface area (Å²) in [7, 11) is 0.